The zero-order valence-electron chi connectivity index (χ0n) is 39.8. The zero-order valence-corrected chi connectivity index (χ0v) is 41.6. The summed E-state index contributed by atoms with van der Waals surface area (Å²) >= 11 is 1.95. The number of hydrogen-bond acceptors (Lipinski definition) is 5. The maximum absolute atomic E-state index is 5.02. The fraction of sp³-hybridized carbons (Fsp3) is 0.0455. The van der Waals surface area contributed by atoms with E-state index < -0.39 is 8.07 Å². The third kappa shape index (κ3) is 6.72. The van der Waals surface area contributed by atoms with Crippen LogP contribution in [0.5, 0.6) is 0 Å². The van der Waals surface area contributed by atoms with Crippen LogP contribution in [0.3, 0.4) is 0 Å². The molecule has 15 rings (SSSR count). The fourth-order valence-electron chi connectivity index (χ4n) is 12.5. The minimum absolute atomic E-state index is 0.148. The highest BCUT2D eigenvalue weighted by Gasteiger charge is 2.51. The zero-order chi connectivity index (χ0) is 48.0. The monoisotopic (exact) mass is 964 g/mol. The Kier molecular flexibility index (Phi) is 9.79. The first-order valence-corrected chi connectivity index (χ1v) is 28.2. The highest BCUT2D eigenvalue weighted by molar-refractivity contribution is 8.00. The summed E-state index contributed by atoms with van der Waals surface area (Å²) in [6.07, 6.45) is 1.18. The topological polar surface area (TPSA) is 41.9 Å². The largest absolute Gasteiger partial charge is 0.311 e. The number of nitrogens with zero attached hydrogens (tertiary/aromatic N) is 4. The molecule has 2 unspecified atom stereocenters. The van der Waals surface area contributed by atoms with Crippen molar-refractivity contribution in [1.82, 2.24) is 15.0 Å². The van der Waals surface area contributed by atoms with Gasteiger partial charge in [-0.1, -0.05) is 247 Å². The van der Waals surface area contributed by atoms with Crippen molar-refractivity contribution in [2.24, 2.45) is 0 Å². The van der Waals surface area contributed by atoms with E-state index in [0.29, 0.717) is 29.3 Å². The Labute approximate surface area is 431 Å². The summed E-state index contributed by atoms with van der Waals surface area (Å²) in [5, 5.41) is 5.64. The fourth-order valence-corrected chi connectivity index (χ4v) is 18.9. The Hall–Kier alpha value is -8.36. The molecule has 0 N–H and O–H groups in total. The van der Waals surface area contributed by atoms with Crippen molar-refractivity contribution in [3.05, 3.63) is 260 Å². The Morgan fingerprint density at radius 1 is 0.397 bits per heavy atom. The molecule has 0 spiro atoms. The minimum atomic E-state index is -2.76. The van der Waals surface area contributed by atoms with Crippen LogP contribution in [0.4, 0.5) is 17.1 Å². The van der Waals surface area contributed by atoms with Crippen molar-refractivity contribution >= 4 is 80.7 Å². The lowest BCUT2D eigenvalue weighted by Crippen LogP contribution is -2.77. The number of aromatic nitrogens is 3. The van der Waals surface area contributed by atoms with Crippen molar-refractivity contribution in [3.8, 4) is 45.3 Å². The first-order chi connectivity index (χ1) is 36.2. The van der Waals surface area contributed by atoms with E-state index in [9.17, 15) is 0 Å². The number of fused-ring (bicyclic) bond motifs is 9. The summed E-state index contributed by atoms with van der Waals surface area (Å²) in [6, 6.07) is 92.0. The van der Waals surface area contributed by atoms with Gasteiger partial charge in [0.2, 0.25) is 6.71 Å². The molecule has 1 aromatic heterocycles. The van der Waals surface area contributed by atoms with Crippen LogP contribution in [0, 0.1) is 0 Å². The van der Waals surface area contributed by atoms with E-state index in [1.807, 2.05) is 48.2 Å². The maximum atomic E-state index is 5.02. The van der Waals surface area contributed by atoms with Crippen LogP contribution < -0.4 is 42.0 Å². The second-order valence-corrected chi connectivity index (χ2v) is 24.6. The Balaban J connectivity index is 0.860. The third-order valence-corrected chi connectivity index (χ3v) is 21.8. The van der Waals surface area contributed by atoms with Crippen molar-refractivity contribution in [3.63, 3.8) is 0 Å². The molecule has 11 aromatic rings. The van der Waals surface area contributed by atoms with Crippen molar-refractivity contribution < 1.29 is 0 Å². The average molecular weight is 965 g/mol. The standard InChI is InChI=1S/C66H45BN4SSi/c1-5-19-44(20-6-1)64-68-65(45-21-7-2-8-22-45)70-66(69-64)46-35-33-43(34-36-46)47-37-38-56-59(39-47)72-60-41-48(40-54-53-42-52(53)51-27-13-14-28-55(51)67(56)63(54)60)71-57-29-15-17-31-61(57)73(49-23-9-3-10-24-49,50-25-11-4-12-26-50)62-32-18-16-30-58(62)71/h1-41,52-53H,42H2. The van der Waals surface area contributed by atoms with E-state index in [2.05, 4.69) is 217 Å². The summed E-state index contributed by atoms with van der Waals surface area (Å²) in [5.74, 6) is 2.97. The molecular weight excluding hydrogens is 920 g/mol. The van der Waals surface area contributed by atoms with Crippen LogP contribution >= 0.6 is 11.8 Å². The van der Waals surface area contributed by atoms with Crippen LogP contribution in [0.25, 0.3) is 45.3 Å². The Morgan fingerprint density at radius 3 is 1.48 bits per heavy atom. The molecule has 10 aromatic carbocycles. The molecule has 2 atom stereocenters. The average Bonchev–Trinajstić information content (AvgIpc) is 4.28. The molecule has 1 saturated carbocycles. The van der Waals surface area contributed by atoms with Gasteiger partial charge in [-0.05, 0) is 91.6 Å². The van der Waals surface area contributed by atoms with E-state index >= 15 is 0 Å². The molecule has 342 valence electrons. The van der Waals surface area contributed by atoms with Gasteiger partial charge >= 0.3 is 0 Å². The molecule has 1 fully saturated rings. The summed E-state index contributed by atoms with van der Waals surface area (Å²) in [6.45, 7) is 0.148. The molecule has 4 heterocycles. The molecule has 0 amide bonds. The van der Waals surface area contributed by atoms with Crippen molar-refractivity contribution in [2.45, 2.75) is 28.0 Å². The molecule has 0 radical (unpaired) electrons. The second-order valence-electron chi connectivity index (χ2n) is 19.8. The lowest BCUT2D eigenvalue weighted by molar-refractivity contribution is 1.04. The van der Waals surface area contributed by atoms with Gasteiger partial charge in [0.1, 0.15) is 0 Å². The Morgan fingerprint density at radius 2 is 0.877 bits per heavy atom. The number of para-hydroxylation sites is 2. The van der Waals surface area contributed by atoms with Crippen LogP contribution in [0.15, 0.2) is 259 Å². The number of hydrogen-bond donors (Lipinski definition) is 0. The van der Waals surface area contributed by atoms with E-state index in [1.54, 1.807) is 0 Å². The van der Waals surface area contributed by atoms with Crippen LogP contribution in [0.2, 0.25) is 0 Å². The highest BCUT2D eigenvalue weighted by Crippen LogP contribution is 2.57. The van der Waals surface area contributed by atoms with E-state index in [0.717, 1.165) is 22.3 Å². The number of anilines is 3. The van der Waals surface area contributed by atoms with Gasteiger partial charge < -0.3 is 4.90 Å². The molecule has 4 aliphatic rings. The predicted molar refractivity (Wildman–Crippen MR) is 305 cm³/mol. The van der Waals surface area contributed by atoms with Gasteiger partial charge in [-0.3, -0.25) is 0 Å². The predicted octanol–water partition coefficient (Wildman–Crippen LogP) is 11.3. The van der Waals surface area contributed by atoms with Gasteiger partial charge in [-0.15, -0.1) is 0 Å². The van der Waals surface area contributed by atoms with E-state index in [-0.39, 0.29) is 6.71 Å². The summed E-state index contributed by atoms with van der Waals surface area (Å²) < 4.78 is 0. The molecule has 0 bridgehead atoms. The number of rotatable bonds is 7. The Bertz CT molecular complexity index is 3800. The third-order valence-electron chi connectivity index (χ3n) is 15.8. The molecule has 73 heavy (non-hydrogen) atoms. The van der Waals surface area contributed by atoms with Crippen molar-refractivity contribution in [1.29, 1.82) is 0 Å². The van der Waals surface area contributed by atoms with Crippen molar-refractivity contribution in [2.75, 3.05) is 4.90 Å². The lowest BCUT2D eigenvalue weighted by Gasteiger charge is -2.45. The van der Waals surface area contributed by atoms with Crippen LogP contribution in [0.1, 0.15) is 29.4 Å². The van der Waals surface area contributed by atoms with Crippen LogP contribution in [-0.2, 0) is 0 Å². The first kappa shape index (κ1) is 42.3. The normalized spacial score (nSPS) is 16.2. The lowest BCUT2D eigenvalue weighted by atomic mass is 9.35. The van der Waals surface area contributed by atoms with Gasteiger partial charge in [-0.25, -0.2) is 15.0 Å². The maximum Gasteiger partial charge on any atom is 0.244 e. The SMILES string of the molecule is c1ccc(-c2nc(-c3ccccc3)nc(-c3ccc(-c4ccc5c(c4)Sc4cc(N6c7ccccc7[Si](c7ccccc7)(c7ccccc7)c7ccccc76)cc6c4B5c4ccccc4C4CC64)cc3)n2)cc1. The van der Waals surface area contributed by atoms with Gasteiger partial charge in [0.05, 0.1) is 0 Å². The van der Waals surface area contributed by atoms with Gasteiger partial charge in [0.25, 0.3) is 0 Å². The molecule has 1 aliphatic carbocycles. The molecule has 4 nitrogen and oxygen atoms in total. The first-order valence-electron chi connectivity index (χ1n) is 25.4. The summed E-state index contributed by atoms with van der Waals surface area (Å²) in [5.41, 5.74) is 16.3. The molecule has 3 aliphatic heterocycles. The second kappa shape index (κ2) is 16.9. The van der Waals surface area contributed by atoms with Gasteiger partial charge in [-0.2, -0.15) is 0 Å². The number of benzene rings is 10. The van der Waals surface area contributed by atoms with Gasteiger partial charge in [0.15, 0.2) is 25.5 Å². The minimum Gasteiger partial charge on any atom is -0.311 e. The molecule has 7 heteroatoms. The quantitative estimate of drug-likeness (QED) is 0.149. The van der Waals surface area contributed by atoms with E-state index in [1.165, 1.54) is 87.1 Å². The summed E-state index contributed by atoms with van der Waals surface area (Å²) in [7, 11) is -2.76. The smallest absolute Gasteiger partial charge is 0.244 e. The molecular formula is C66H45BN4SSi. The summed E-state index contributed by atoms with van der Waals surface area (Å²) in [4.78, 5) is 20.2. The van der Waals surface area contributed by atoms with Gasteiger partial charge in [0, 0.05) is 43.5 Å². The molecule has 0 saturated heterocycles. The van der Waals surface area contributed by atoms with Crippen LogP contribution in [-0.4, -0.2) is 29.7 Å². The van der Waals surface area contributed by atoms with E-state index in [4.69, 9.17) is 15.0 Å². The highest BCUT2D eigenvalue weighted by atomic mass is 32.2.